The zero-order valence-corrected chi connectivity index (χ0v) is 15.4. The Balaban J connectivity index is 0.000000231. The minimum atomic E-state index is -4.33. The van der Waals surface area contributed by atoms with Crippen molar-refractivity contribution in [2.75, 3.05) is 14.2 Å². The summed E-state index contributed by atoms with van der Waals surface area (Å²) in [5.74, 6) is 0.841. The lowest BCUT2D eigenvalue weighted by Gasteiger charge is -2.05. The van der Waals surface area contributed by atoms with Crippen molar-refractivity contribution in [3.63, 3.8) is 0 Å². The van der Waals surface area contributed by atoms with Crippen molar-refractivity contribution in [2.24, 2.45) is 0 Å². The minimum absolute atomic E-state index is 0.169. The number of rotatable bonds is 3. The van der Waals surface area contributed by atoms with Crippen LogP contribution in [0.5, 0.6) is 11.8 Å². The van der Waals surface area contributed by atoms with Crippen LogP contribution in [0.25, 0.3) is 0 Å². The number of nitrogens with zero attached hydrogens (tertiary/aromatic N) is 2. The van der Waals surface area contributed by atoms with E-state index in [1.54, 1.807) is 13.3 Å². The zero-order valence-electron chi connectivity index (χ0n) is 12.2. The quantitative estimate of drug-likeness (QED) is 0.617. The second-order valence-electron chi connectivity index (χ2n) is 4.04. The highest BCUT2D eigenvalue weighted by atomic mass is 79.9. The van der Waals surface area contributed by atoms with Gasteiger partial charge in [-0.05, 0) is 28.1 Å². The van der Waals surface area contributed by atoms with Gasteiger partial charge in [0.15, 0.2) is 0 Å². The molecule has 0 aliphatic carbocycles. The van der Waals surface area contributed by atoms with Crippen LogP contribution >= 0.6 is 31.9 Å². The van der Waals surface area contributed by atoms with Crippen LogP contribution in [-0.4, -0.2) is 24.2 Å². The molecule has 23 heavy (non-hydrogen) atoms. The number of hydrogen-bond donors (Lipinski definition) is 0. The Hall–Kier alpha value is -1.35. The van der Waals surface area contributed by atoms with Gasteiger partial charge < -0.3 is 9.47 Å². The second kappa shape index (κ2) is 9.07. The summed E-state index contributed by atoms with van der Waals surface area (Å²) >= 11 is 6.67. The first-order valence-electron chi connectivity index (χ1n) is 6.13. The van der Waals surface area contributed by atoms with Crippen LogP contribution < -0.4 is 9.47 Å². The summed E-state index contributed by atoms with van der Waals surface area (Å²) in [6, 6.07) is 4.06. The fourth-order valence-corrected chi connectivity index (χ4v) is 2.20. The molecule has 0 amide bonds. The van der Waals surface area contributed by atoms with Crippen LogP contribution in [0.3, 0.4) is 0 Å². The maximum atomic E-state index is 11.9. The number of alkyl halides is 4. The van der Waals surface area contributed by atoms with Gasteiger partial charge in [0.25, 0.3) is 0 Å². The lowest BCUT2D eigenvalue weighted by atomic mass is 10.3. The third kappa shape index (κ3) is 6.34. The summed E-state index contributed by atoms with van der Waals surface area (Å²) in [6.45, 7) is 0. The van der Waals surface area contributed by atoms with Gasteiger partial charge in [0, 0.05) is 33.8 Å². The van der Waals surface area contributed by atoms with Crippen molar-refractivity contribution in [3.05, 3.63) is 46.2 Å². The molecule has 0 N–H and O–H groups in total. The van der Waals surface area contributed by atoms with Crippen molar-refractivity contribution >= 4 is 31.9 Å². The largest absolute Gasteiger partial charge is 0.481 e. The molecule has 0 aliphatic rings. The van der Waals surface area contributed by atoms with Gasteiger partial charge in [-0.15, -0.1) is 0 Å². The van der Waals surface area contributed by atoms with E-state index >= 15 is 0 Å². The predicted octanol–water partition coefficient (Wildman–Crippen LogP) is 4.86. The molecular weight excluding hydrogens is 445 g/mol. The third-order valence-electron chi connectivity index (χ3n) is 2.50. The molecule has 0 radical (unpaired) electrons. The van der Waals surface area contributed by atoms with Crippen molar-refractivity contribution < 1.29 is 22.6 Å². The van der Waals surface area contributed by atoms with E-state index in [4.69, 9.17) is 4.74 Å². The Morgan fingerprint density at radius 2 is 1.78 bits per heavy atom. The Morgan fingerprint density at radius 1 is 1.09 bits per heavy atom. The molecule has 2 heterocycles. The molecule has 0 aromatic carbocycles. The fourth-order valence-electron chi connectivity index (χ4n) is 1.42. The van der Waals surface area contributed by atoms with Crippen molar-refractivity contribution in [3.8, 4) is 11.8 Å². The third-order valence-corrected chi connectivity index (χ3v) is 3.54. The molecule has 0 unspecified atom stereocenters. The standard InChI is InChI=1S/C7H7Br2NO.C7H6F3NO/c1-11-7-5(3-8)2-6(9)4-10-7;1-12-6-3-2-5(4-11-6)7(8,9)10/h2,4H,3H2,1H3;2-4H,1H3. The van der Waals surface area contributed by atoms with Crippen LogP contribution in [0.2, 0.25) is 0 Å². The number of halogens is 5. The van der Waals surface area contributed by atoms with Crippen LogP contribution in [-0.2, 0) is 11.5 Å². The summed E-state index contributed by atoms with van der Waals surface area (Å²) < 4.78 is 46.4. The minimum Gasteiger partial charge on any atom is -0.481 e. The smallest absolute Gasteiger partial charge is 0.417 e. The van der Waals surface area contributed by atoms with Crippen LogP contribution in [0.15, 0.2) is 35.1 Å². The normalized spacial score (nSPS) is 10.6. The van der Waals surface area contributed by atoms with E-state index in [1.807, 2.05) is 6.07 Å². The molecule has 0 atom stereocenters. The molecule has 2 aromatic heterocycles. The number of pyridine rings is 2. The average Bonchev–Trinajstić information content (AvgIpc) is 2.54. The molecule has 0 fully saturated rings. The van der Waals surface area contributed by atoms with Crippen molar-refractivity contribution in [2.45, 2.75) is 11.5 Å². The molecule has 2 rings (SSSR count). The Bertz CT molecular complexity index is 622. The molecule has 0 bridgehead atoms. The van der Waals surface area contributed by atoms with Crippen LogP contribution in [0.1, 0.15) is 11.1 Å². The number of aromatic nitrogens is 2. The first-order valence-corrected chi connectivity index (χ1v) is 8.04. The van der Waals surface area contributed by atoms with Gasteiger partial charge >= 0.3 is 6.18 Å². The second-order valence-corrected chi connectivity index (χ2v) is 5.52. The zero-order chi connectivity index (χ0) is 17.5. The molecule has 2 aromatic rings. The van der Waals surface area contributed by atoms with Gasteiger partial charge in [0.05, 0.1) is 19.8 Å². The van der Waals surface area contributed by atoms with Crippen LogP contribution in [0, 0.1) is 0 Å². The highest BCUT2D eigenvalue weighted by molar-refractivity contribution is 9.10. The van der Waals surface area contributed by atoms with E-state index in [0.717, 1.165) is 27.6 Å². The number of hydrogen-bond acceptors (Lipinski definition) is 4. The van der Waals surface area contributed by atoms with Gasteiger partial charge in [-0.2, -0.15) is 13.2 Å². The molecule has 0 spiro atoms. The molecule has 0 saturated carbocycles. The molecule has 0 aliphatic heterocycles. The SMILES string of the molecule is COc1ccc(C(F)(F)F)cn1.COc1ncc(Br)cc1CBr. The predicted molar refractivity (Wildman–Crippen MR) is 86.9 cm³/mol. The summed E-state index contributed by atoms with van der Waals surface area (Å²) in [5.41, 5.74) is 0.269. The number of ether oxygens (including phenoxy) is 2. The first-order chi connectivity index (χ1) is 10.8. The summed E-state index contributed by atoms with van der Waals surface area (Å²) in [5, 5.41) is 0.753. The van der Waals surface area contributed by atoms with Crippen LogP contribution in [0.4, 0.5) is 13.2 Å². The Labute approximate surface area is 148 Å². The van der Waals surface area contributed by atoms with Gasteiger partial charge in [0.2, 0.25) is 11.8 Å². The number of methoxy groups -OCH3 is 2. The van der Waals surface area contributed by atoms with E-state index in [2.05, 4.69) is 46.6 Å². The van der Waals surface area contributed by atoms with Crippen molar-refractivity contribution in [1.82, 2.24) is 9.97 Å². The van der Waals surface area contributed by atoms with E-state index < -0.39 is 11.7 Å². The highest BCUT2D eigenvalue weighted by Gasteiger charge is 2.30. The Morgan fingerprint density at radius 3 is 2.22 bits per heavy atom. The van der Waals surface area contributed by atoms with Gasteiger partial charge in [-0.25, -0.2) is 9.97 Å². The summed E-state index contributed by atoms with van der Waals surface area (Å²) in [6.07, 6.45) is -1.89. The lowest BCUT2D eigenvalue weighted by molar-refractivity contribution is -0.137. The van der Waals surface area contributed by atoms with E-state index in [1.165, 1.54) is 13.2 Å². The topological polar surface area (TPSA) is 44.2 Å². The maximum Gasteiger partial charge on any atom is 0.417 e. The molecule has 9 heteroatoms. The van der Waals surface area contributed by atoms with Crippen molar-refractivity contribution in [1.29, 1.82) is 0 Å². The van der Waals surface area contributed by atoms with E-state index in [0.29, 0.717) is 5.88 Å². The lowest BCUT2D eigenvalue weighted by Crippen LogP contribution is -2.05. The van der Waals surface area contributed by atoms with Gasteiger partial charge in [-0.1, -0.05) is 15.9 Å². The van der Waals surface area contributed by atoms with E-state index in [-0.39, 0.29) is 5.88 Å². The van der Waals surface area contributed by atoms with E-state index in [9.17, 15) is 13.2 Å². The maximum absolute atomic E-state index is 11.9. The highest BCUT2D eigenvalue weighted by Crippen LogP contribution is 2.29. The fraction of sp³-hybridized carbons (Fsp3) is 0.286. The average molecular weight is 458 g/mol. The molecule has 126 valence electrons. The van der Waals surface area contributed by atoms with Gasteiger partial charge in [0.1, 0.15) is 0 Å². The Kier molecular flexibility index (Phi) is 7.77. The summed E-state index contributed by atoms with van der Waals surface area (Å²) in [7, 11) is 2.96. The molecule has 4 nitrogen and oxygen atoms in total. The summed E-state index contributed by atoms with van der Waals surface area (Å²) in [4.78, 5) is 7.49. The molecular formula is C14H13Br2F3N2O2. The van der Waals surface area contributed by atoms with Gasteiger partial charge in [-0.3, -0.25) is 0 Å². The first kappa shape index (κ1) is 19.7. The monoisotopic (exact) mass is 456 g/mol. The molecule has 0 saturated heterocycles.